The third-order valence-electron chi connectivity index (χ3n) is 5.82. The van der Waals surface area contributed by atoms with E-state index in [0.29, 0.717) is 34.4 Å². The lowest BCUT2D eigenvalue weighted by Gasteiger charge is -2.27. The normalized spacial score (nSPS) is 11.7. The molecular formula is C27H34Cl2N2O4. The van der Waals surface area contributed by atoms with Crippen LogP contribution in [-0.2, 0) is 16.0 Å². The van der Waals surface area contributed by atoms with Crippen LogP contribution in [0, 0.1) is 5.92 Å². The first-order chi connectivity index (χ1) is 16.8. The van der Waals surface area contributed by atoms with Crippen molar-refractivity contribution in [1.82, 2.24) is 4.90 Å². The summed E-state index contributed by atoms with van der Waals surface area (Å²) >= 11 is 12.1. The summed E-state index contributed by atoms with van der Waals surface area (Å²) in [6.07, 6.45) is 6.00. The number of unbranched alkanes of at least 4 members (excludes halogenated alkanes) is 4. The van der Waals surface area contributed by atoms with Gasteiger partial charge in [-0.2, -0.15) is 0 Å². The second kappa shape index (κ2) is 14.7. The summed E-state index contributed by atoms with van der Waals surface area (Å²) in [6, 6.07) is 11.0. The van der Waals surface area contributed by atoms with E-state index >= 15 is 0 Å². The number of nitrogens with one attached hydrogen (secondary N) is 1. The Morgan fingerprint density at radius 2 is 1.49 bits per heavy atom. The maximum absolute atomic E-state index is 13.7. The standard InChI is InChI=1S/C27H34Cl2N2O4/c1-3-5-7-15-31(16-8-6-4-2)26(33)22(17-19-9-11-20(12-10-19)27(34)35)25(32)30-21-13-14-23(28)24(29)18-21/h9-14,18,22H,3-8,15-17H2,1-2H3,(H,30,32)(H,34,35). The van der Waals surface area contributed by atoms with Crippen LogP contribution in [0.2, 0.25) is 10.0 Å². The van der Waals surface area contributed by atoms with E-state index in [0.717, 1.165) is 38.5 Å². The summed E-state index contributed by atoms with van der Waals surface area (Å²) in [5.41, 5.74) is 1.31. The molecule has 35 heavy (non-hydrogen) atoms. The minimum absolute atomic E-state index is 0.151. The largest absolute Gasteiger partial charge is 0.478 e. The Morgan fingerprint density at radius 1 is 0.886 bits per heavy atom. The number of carbonyl (C=O) groups excluding carboxylic acids is 2. The Hall–Kier alpha value is -2.57. The topological polar surface area (TPSA) is 86.7 Å². The Balaban J connectivity index is 2.30. The molecular weight excluding hydrogens is 487 g/mol. The zero-order valence-corrected chi connectivity index (χ0v) is 21.9. The first-order valence-corrected chi connectivity index (χ1v) is 12.9. The van der Waals surface area contributed by atoms with E-state index in [1.807, 2.05) is 0 Å². The van der Waals surface area contributed by atoms with Gasteiger partial charge in [0, 0.05) is 18.8 Å². The van der Waals surface area contributed by atoms with Crippen LogP contribution >= 0.6 is 23.2 Å². The van der Waals surface area contributed by atoms with Gasteiger partial charge in [0.25, 0.3) is 0 Å². The molecule has 0 bridgehead atoms. The number of benzene rings is 2. The molecule has 2 aromatic rings. The molecule has 8 heteroatoms. The average Bonchev–Trinajstić information content (AvgIpc) is 2.84. The van der Waals surface area contributed by atoms with E-state index in [4.69, 9.17) is 23.2 Å². The van der Waals surface area contributed by atoms with E-state index in [2.05, 4.69) is 19.2 Å². The molecule has 1 unspecified atom stereocenters. The molecule has 0 heterocycles. The number of carboxylic acids is 1. The van der Waals surface area contributed by atoms with Crippen LogP contribution in [0.15, 0.2) is 42.5 Å². The maximum Gasteiger partial charge on any atom is 0.335 e. The van der Waals surface area contributed by atoms with Gasteiger partial charge >= 0.3 is 5.97 Å². The summed E-state index contributed by atoms with van der Waals surface area (Å²) in [7, 11) is 0. The monoisotopic (exact) mass is 520 g/mol. The molecule has 1 atom stereocenters. The molecule has 0 aliphatic heterocycles. The fraction of sp³-hybridized carbons (Fsp3) is 0.444. The summed E-state index contributed by atoms with van der Waals surface area (Å²) in [6.45, 7) is 5.42. The summed E-state index contributed by atoms with van der Waals surface area (Å²) < 4.78 is 0. The highest BCUT2D eigenvalue weighted by Gasteiger charge is 2.31. The van der Waals surface area contributed by atoms with Gasteiger partial charge in [-0.3, -0.25) is 9.59 Å². The Labute approximate surface area is 217 Å². The van der Waals surface area contributed by atoms with Crippen molar-refractivity contribution in [3.63, 3.8) is 0 Å². The van der Waals surface area contributed by atoms with Gasteiger partial charge in [0.2, 0.25) is 11.8 Å². The molecule has 2 N–H and O–H groups in total. The van der Waals surface area contributed by atoms with Gasteiger partial charge in [-0.1, -0.05) is 74.9 Å². The molecule has 0 saturated heterocycles. The number of hydrogen-bond donors (Lipinski definition) is 2. The van der Waals surface area contributed by atoms with Gasteiger partial charge < -0.3 is 15.3 Å². The molecule has 0 spiro atoms. The number of hydrogen-bond acceptors (Lipinski definition) is 3. The summed E-state index contributed by atoms with van der Waals surface area (Å²) in [5, 5.41) is 12.7. The highest BCUT2D eigenvalue weighted by molar-refractivity contribution is 6.42. The van der Waals surface area contributed by atoms with Crippen molar-refractivity contribution in [3.8, 4) is 0 Å². The molecule has 6 nitrogen and oxygen atoms in total. The predicted octanol–water partition coefficient (Wildman–Crippen LogP) is 6.70. The molecule has 2 rings (SSSR count). The third-order valence-corrected chi connectivity index (χ3v) is 6.56. The minimum Gasteiger partial charge on any atom is -0.478 e. The number of carboxylic acid groups (broad SMARTS) is 1. The zero-order valence-electron chi connectivity index (χ0n) is 20.4. The highest BCUT2D eigenvalue weighted by Crippen LogP contribution is 2.26. The number of carbonyl (C=O) groups is 3. The number of aromatic carboxylic acids is 1. The zero-order chi connectivity index (χ0) is 25.8. The predicted molar refractivity (Wildman–Crippen MR) is 141 cm³/mol. The lowest BCUT2D eigenvalue weighted by Crippen LogP contribution is -2.43. The number of anilines is 1. The number of rotatable bonds is 14. The quantitative estimate of drug-likeness (QED) is 0.214. The van der Waals surface area contributed by atoms with E-state index in [-0.39, 0.29) is 17.9 Å². The fourth-order valence-electron chi connectivity index (χ4n) is 3.77. The van der Waals surface area contributed by atoms with Gasteiger partial charge in [-0.15, -0.1) is 0 Å². The SMILES string of the molecule is CCCCCN(CCCCC)C(=O)C(Cc1ccc(C(=O)O)cc1)C(=O)Nc1ccc(Cl)c(Cl)c1. The third kappa shape index (κ3) is 9.19. The molecule has 0 aromatic heterocycles. The molecule has 0 aliphatic rings. The maximum atomic E-state index is 13.7. The lowest BCUT2D eigenvalue weighted by molar-refractivity contribution is -0.140. The minimum atomic E-state index is -1.03. The molecule has 2 aromatic carbocycles. The first kappa shape index (κ1) is 28.7. The second-order valence-electron chi connectivity index (χ2n) is 8.62. The summed E-state index contributed by atoms with van der Waals surface area (Å²) in [4.78, 5) is 40.1. The van der Waals surface area contributed by atoms with Crippen LogP contribution in [0.1, 0.15) is 68.3 Å². The average molecular weight is 521 g/mol. The smallest absolute Gasteiger partial charge is 0.335 e. The van der Waals surface area contributed by atoms with Gasteiger partial charge in [0.05, 0.1) is 15.6 Å². The first-order valence-electron chi connectivity index (χ1n) is 12.1. The van der Waals surface area contributed by atoms with Crippen molar-refractivity contribution >= 4 is 46.7 Å². The molecule has 190 valence electrons. The van der Waals surface area contributed by atoms with E-state index in [9.17, 15) is 19.5 Å². The van der Waals surface area contributed by atoms with Gasteiger partial charge in [-0.05, 0) is 55.2 Å². The fourth-order valence-corrected chi connectivity index (χ4v) is 4.07. The Morgan fingerprint density at radius 3 is 2.00 bits per heavy atom. The van der Waals surface area contributed by atoms with Crippen molar-refractivity contribution in [3.05, 3.63) is 63.6 Å². The van der Waals surface area contributed by atoms with Crippen molar-refractivity contribution in [1.29, 1.82) is 0 Å². The Bertz CT molecular complexity index is 985. The molecule has 2 amide bonds. The van der Waals surface area contributed by atoms with E-state index in [1.165, 1.54) is 12.1 Å². The number of halogens is 2. The summed E-state index contributed by atoms with van der Waals surface area (Å²) in [5.74, 6) is -2.66. The molecule has 0 aliphatic carbocycles. The van der Waals surface area contributed by atoms with Crippen LogP contribution in [0.5, 0.6) is 0 Å². The van der Waals surface area contributed by atoms with Crippen LogP contribution in [0.4, 0.5) is 5.69 Å². The van der Waals surface area contributed by atoms with Crippen LogP contribution < -0.4 is 5.32 Å². The number of amides is 2. The van der Waals surface area contributed by atoms with Crippen molar-refractivity contribution in [2.24, 2.45) is 5.92 Å². The van der Waals surface area contributed by atoms with Crippen LogP contribution in [0.25, 0.3) is 0 Å². The van der Waals surface area contributed by atoms with Gasteiger partial charge in [0.1, 0.15) is 5.92 Å². The second-order valence-corrected chi connectivity index (χ2v) is 9.43. The molecule has 0 radical (unpaired) electrons. The van der Waals surface area contributed by atoms with Crippen molar-refractivity contribution < 1.29 is 19.5 Å². The van der Waals surface area contributed by atoms with Gasteiger partial charge in [-0.25, -0.2) is 4.79 Å². The molecule has 0 fully saturated rings. The van der Waals surface area contributed by atoms with E-state index < -0.39 is 17.8 Å². The number of nitrogens with zero attached hydrogens (tertiary/aromatic N) is 1. The Kier molecular flexibility index (Phi) is 12.1. The van der Waals surface area contributed by atoms with Crippen LogP contribution in [0.3, 0.4) is 0 Å². The van der Waals surface area contributed by atoms with Crippen molar-refractivity contribution in [2.75, 3.05) is 18.4 Å². The highest BCUT2D eigenvalue weighted by atomic mass is 35.5. The van der Waals surface area contributed by atoms with Crippen LogP contribution in [-0.4, -0.2) is 40.9 Å². The van der Waals surface area contributed by atoms with E-state index in [1.54, 1.807) is 35.2 Å². The molecule has 0 saturated carbocycles. The van der Waals surface area contributed by atoms with Crippen molar-refractivity contribution in [2.45, 2.75) is 58.8 Å². The van der Waals surface area contributed by atoms with Gasteiger partial charge in [0.15, 0.2) is 0 Å². The lowest BCUT2D eigenvalue weighted by atomic mass is 9.95.